The molecular weight excluding hydrogens is 318 g/mol. The van der Waals surface area contributed by atoms with Crippen LogP contribution in [0.2, 0.25) is 0 Å². The topological polar surface area (TPSA) is 61.8 Å². The second-order valence-electron chi connectivity index (χ2n) is 6.39. The van der Waals surface area contributed by atoms with E-state index in [0.29, 0.717) is 31.4 Å². The summed E-state index contributed by atoms with van der Waals surface area (Å²) in [6.45, 7) is -2.52. The van der Waals surface area contributed by atoms with Crippen LogP contribution in [0.5, 0.6) is 5.75 Å². The van der Waals surface area contributed by atoms with E-state index in [0.717, 1.165) is 12.8 Å². The van der Waals surface area contributed by atoms with Gasteiger partial charge >= 0.3 is 12.6 Å². The SMILES string of the molecule is O=C(NCCc1ccccc1OC(F)F)N1C2CCC1CC(O)C2. The summed E-state index contributed by atoms with van der Waals surface area (Å²) >= 11 is 0. The Morgan fingerprint density at radius 2 is 1.96 bits per heavy atom. The molecule has 0 aliphatic carbocycles. The van der Waals surface area contributed by atoms with E-state index in [1.807, 2.05) is 4.90 Å². The van der Waals surface area contributed by atoms with E-state index >= 15 is 0 Å². The molecule has 2 N–H and O–H groups in total. The van der Waals surface area contributed by atoms with Crippen LogP contribution >= 0.6 is 0 Å². The molecule has 7 heteroatoms. The maximum absolute atomic E-state index is 12.4. The smallest absolute Gasteiger partial charge is 0.387 e. The number of carbonyl (C=O) groups is 1. The summed E-state index contributed by atoms with van der Waals surface area (Å²) in [6.07, 6.45) is 3.23. The highest BCUT2D eigenvalue weighted by atomic mass is 19.3. The molecular formula is C17H22F2N2O3. The lowest BCUT2D eigenvalue weighted by Crippen LogP contribution is -2.52. The van der Waals surface area contributed by atoms with Gasteiger partial charge in [-0.1, -0.05) is 18.2 Å². The number of alkyl halides is 2. The van der Waals surface area contributed by atoms with Gasteiger partial charge in [0, 0.05) is 18.6 Å². The summed E-state index contributed by atoms with van der Waals surface area (Å²) < 4.78 is 29.3. The Morgan fingerprint density at radius 3 is 2.62 bits per heavy atom. The van der Waals surface area contributed by atoms with Gasteiger partial charge in [0.25, 0.3) is 0 Å². The summed E-state index contributed by atoms with van der Waals surface area (Å²) in [5.41, 5.74) is 0.634. The van der Waals surface area contributed by atoms with Gasteiger partial charge in [-0.3, -0.25) is 0 Å². The van der Waals surface area contributed by atoms with Crippen LogP contribution in [0.25, 0.3) is 0 Å². The van der Waals surface area contributed by atoms with E-state index < -0.39 is 6.61 Å². The van der Waals surface area contributed by atoms with Crippen LogP contribution in [0.1, 0.15) is 31.2 Å². The lowest BCUT2D eigenvalue weighted by Gasteiger charge is -2.37. The van der Waals surface area contributed by atoms with E-state index in [4.69, 9.17) is 0 Å². The lowest BCUT2D eigenvalue weighted by molar-refractivity contribution is -0.0504. The third-order valence-corrected chi connectivity index (χ3v) is 4.80. The highest BCUT2D eigenvalue weighted by Crippen LogP contribution is 2.35. The molecule has 1 aromatic rings. The largest absolute Gasteiger partial charge is 0.435 e. The van der Waals surface area contributed by atoms with Crippen molar-refractivity contribution in [2.75, 3.05) is 6.54 Å². The van der Waals surface area contributed by atoms with Crippen LogP contribution < -0.4 is 10.1 Å². The lowest BCUT2D eigenvalue weighted by atomic mass is 10.0. The maximum Gasteiger partial charge on any atom is 0.387 e. The summed E-state index contributed by atoms with van der Waals surface area (Å²) in [6, 6.07) is 6.67. The maximum atomic E-state index is 12.4. The molecule has 0 aromatic heterocycles. The molecule has 2 fully saturated rings. The van der Waals surface area contributed by atoms with Crippen molar-refractivity contribution in [3.8, 4) is 5.75 Å². The van der Waals surface area contributed by atoms with Crippen LogP contribution in [0, 0.1) is 0 Å². The van der Waals surface area contributed by atoms with Crippen molar-refractivity contribution < 1.29 is 23.4 Å². The number of hydrogen-bond donors (Lipinski definition) is 2. The first-order valence-electron chi connectivity index (χ1n) is 8.31. The number of amides is 2. The Balaban J connectivity index is 1.53. The predicted molar refractivity (Wildman–Crippen MR) is 84.1 cm³/mol. The van der Waals surface area contributed by atoms with Crippen molar-refractivity contribution in [2.45, 2.75) is 56.9 Å². The fourth-order valence-electron chi connectivity index (χ4n) is 3.80. The van der Waals surface area contributed by atoms with Gasteiger partial charge in [-0.25, -0.2) is 4.79 Å². The van der Waals surface area contributed by atoms with Crippen LogP contribution in [0.15, 0.2) is 24.3 Å². The normalized spacial score (nSPS) is 25.8. The van der Waals surface area contributed by atoms with Crippen molar-refractivity contribution in [1.29, 1.82) is 0 Å². The van der Waals surface area contributed by atoms with E-state index in [2.05, 4.69) is 10.1 Å². The molecule has 2 aliphatic heterocycles. The number of benzene rings is 1. The predicted octanol–water partition coefficient (Wildman–Crippen LogP) is 2.53. The Hall–Kier alpha value is -1.89. The number of aliphatic hydroxyl groups is 1. The molecule has 2 saturated heterocycles. The molecule has 2 heterocycles. The Kier molecular flexibility index (Phi) is 5.18. The number of fused-ring (bicyclic) bond motifs is 2. The van der Waals surface area contributed by atoms with Gasteiger partial charge in [0.1, 0.15) is 5.75 Å². The van der Waals surface area contributed by atoms with Crippen LogP contribution in [0.3, 0.4) is 0 Å². The summed E-state index contributed by atoms with van der Waals surface area (Å²) in [7, 11) is 0. The zero-order valence-corrected chi connectivity index (χ0v) is 13.3. The zero-order chi connectivity index (χ0) is 17.1. The molecule has 2 bridgehead atoms. The van der Waals surface area contributed by atoms with E-state index in [1.54, 1.807) is 18.2 Å². The molecule has 0 radical (unpaired) electrons. The standard InChI is InChI=1S/C17H22F2N2O3/c18-16(19)24-15-4-2-1-3-11(15)7-8-20-17(23)21-12-5-6-13(21)10-14(22)9-12/h1-4,12-14,16,22H,5-10H2,(H,20,23). The number of halogens is 2. The molecule has 3 rings (SSSR count). The molecule has 2 atom stereocenters. The number of aliphatic hydroxyl groups excluding tert-OH is 1. The minimum Gasteiger partial charge on any atom is -0.435 e. The van der Waals surface area contributed by atoms with E-state index in [-0.39, 0.29) is 30.0 Å². The highest BCUT2D eigenvalue weighted by molar-refractivity contribution is 5.75. The number of hydrogen-bond acceptors (Lipinski definition) is 3. The number of rotatable bonds is 5. The molecule has 132 valence electrons. The van der Waals surface area contributed by atoms with E-state index in [1.165, 1.54) is 6.07 Å². The molecule has 0 spiro atoms. The molecule has 0 saturated carbocycles. The second kappa shape index (κ2) is 7.34. The molecule has 24 heavy (non-hydrogen) atoms. The number of urea groups is 1. The third kappa shape index (κ3) is 3.77. The van der Waals surface area contributed by atoms with E-state index in [9.17, 15) is 18.7 Å². The fraction of sp³-hybridized carbons (Fsp3) is 0.588. The number of nitrogens with one attached hydrogen (secondary N) is 1. The number of nitrogens with zero attached hydrogens (tertiary/aromatic N) is 1. The number of ether oxygens (including phenoxy) is 1. The molecule has 5 nitrogen and oxygen atoms in total. The molecule has 2 amide bonds. The summed E-state index contributed by atoms with van der Waals surface area (Å²) in [5, 5.41) is 12.6. The average molecular weight is 340 g/mol. The minimum absolute atomic E-state index is 0.105. The first-order chi connectivity index (χ1) is 11.5. The molecule has 2 unspecified atom stereocenters. The fourth-order valence-corrected chi connectivity index (χ4v) is 3.80. The highest BCUT2D eigenvalue weighted by Gasteiger charge is 2.42. The Bertz CT molecular complexity index is 571. The number of carbonyl (C=O) groups excluding carboxylic acids is 1. The quantitative estimate of drug-likeness (QED) is 0.866. The molecule has 1 aromatic carbocycles. The summed E-state index contributed by atoms with van der Waals surface area (Å²) in [5.74, 6) is 0.142. The Labute approximate surface area is 139 Å². The van der Waals surface area contributed by atoms with Crippen LogP contribution in [-0.4, -0.2) is 47.4 Å². The van der Waals surface area contributed by atoms with Gasteiger partial charge in [-0.2, -0.15) is 8.78 Å². The van der Waals surface area contributed by atoms with Gasteiger partial charge in [-0.05, 0) is 43.7 Å². The number of para-hydroxylation sites is 1. The number of piperidine rings is 1. The van der Waals surface area contributed by atoms with Crippen molar-refractivity contribution in [3.63, 3.8) is 0 Å². The first kappa shape index (κ1) is 17.0. The van der Waals surface area contributed by atoms with Crippen LogP contribution in [-0.2, 0) is 6.42 Å². The van der Waals surface area contributed by atoms with Crippen LogP contribution in [0.4, 0.5) is 13.6 Å². The third-order valence-electron chi connectivity index (χ3n) is 4.80. The van der Waals surface area contributed by atoms with Gasteiger partial charge < -0.3 is 20.1 Å². The monoisotopic (exact) mass is 340 g/mol. The van der Waals surface area contributed by atoms with Crippen molar-refractivity contribution in [1.82, 2.24) is 10.2 Å². The molecule has 2 aliphatic rings. The summed E-state index contributed by atoms with van der Waals surface area (Å²) in [4.78, 5) is 14.2. The Morgan fingerprint density at radius 1 is 1.29 bits per heavy atom. The van der Waals surface area contributed by atoms with Gasteiger partial charge in [0.2, 0.25) is 0 Å². The van der Waals surface area contributed by atoms with Gasteiger partial charge in [0.05, 0.1) is 6.10 Å². The van der Waals surface area contributed by atoms with Crippen molar-refractivity contribution in [2.24, 2.45) is 0 Å². The minimum atomic E-state index is -2.86. The zero-order valence-electron chi connectivity index (χ0n) is 13.3. The first-order valence-corrected chi connectivity index (χ1v) is 8.31. The van der Waals surface area contributed by atoms with Crippen molar-refractivity contribution >= 4 is 6.03 Å². The van der Waals surface area contributed by atoms with Gasteiger partial charge in [0.15, 0.2) is 0 Å². The van der Waals surface area contributed by atoms with Gasteiger partial charge in [-0.15, -0.1) is 0 Å². The second-order valence-corrected chi connectivity index (χ2v) is 6.39. The average Bonchev–Trinajstić information content (AvgIpc) is 2.80. The van der Waals surface area contributed by atoms with Crippen molar-refractivity contribution in [3.05, 3.63) is 29.8 Å².